The first-order chi connectivity index (χ1) is 7.68. The van der Waals surface area contributed by atoms with Crippen LogP contribution in [0.5, 0.6) is 5.75 Å². The van der Waals surface area contributed by atoms with Crippen molar-refractivity contribution in [3.05, 3.63) is 29.8 Å². The fourth-order valence-corrected chi connectivity index (χ4v) is 1.73. The van der Waals surface area contributed by atoms with Crippen molar-refractivity contribution in [1.82, 2.24) is 4.90 Å². The normalized spacial score (nSPS) is 15.1. The van der Waals surface area contributed by atoms with Crippen LogP contribution in [0.2, 0.25) is 0 Å². The first-order valence-corrected chi connectivity index (χ1v) is 5.19. The molecule has 0 spiro atoms. The third-order valence-electron chi connectivity index (χ3n) is 2.44. The summed E-state index contributed by atoms with van der Waals surface area (Å²) in [6, 6.07) is 7.10. The highest BCUT2D eigenvalue weighted by molar-refractivity contribution is 5.99. The molecule has 2 rings (SSSR count). The molecule has 1 aromatic carbocycles. The Hall–Kier alpha value is -1.84. The Morgan fingerprint density at radius 3 is 2.94 bits per heavy atom. The molecule has 1 aliphatic heterocycles. The van der Waals surface area contributed by atoms with Gasteiger partial charge in [0.15, 0.2) is 0 Å². The van der Waals surface area contributed by atoms with Crippen LogP contribution >= 0.6 is 0 Å². The van der Waals surface area contributed by atoms with Crippen molar-refractivity contribution in [2.75, 3.05) is 19.7 Å². The monoisotopic (exact) mass is 219 g/mol. The minimum atomic E-state index is -0.136. The number of hydrogen-bond acceptors (Lipinski definition) is 3. The molecule has 0 unspecified atom stereocenters. The summed E-state index contributed by atoms with van der Waals surface area (Å²) in [6.45, 7) is 2.50. The van der Waals surface area contributed by atoms with Crippen LogP contribution in [0.15, 0.2) is 24.3 Å². The number of fused-ring (bicyclic) bond motifs is 1. The lowest BCUT2D eigenvalue weighted by molar-refractivity contribution is -0.117. The number of hydrogen-bond donors (Lipinski definition) is 0. The molecule has 84 valence electrons. The maximum absolute atomic E-state index is 12.1. The van der Waals surface area contributed by atoms with Crippen molar-refractivity contribution in [1.29, 1.82) is 0 Å². The summed E-state index contributed by atoms with van der Waals surface area (Å²) in [5.74, 6) is 0.439. The van der Waals surface area contributed by atoms with Gasteiger partial charge in [-0.05, 0) is 19.1 Å². The highest BCUT2D eigenvalue weighted by atomic mass is 16.5. The zero-order valence-electron chi connectivity index (χ0n) is 9.10. The van der Waals surface area contributed by atoms with Crippen molar-refractivity contribution < 1.29 is 14.3 Å². The van der Waals surface area contributed by atoms with Gasteiger partial charge in [0, 0.05) is 0 Å². The third-order valence-corrected chi connectivity index (χ3v) is 2.44. The lowest BCUT2D eigenvalue weighted by atomic mass is 10.2. The molecular formula is C12H13NO3. The van der Waals surface area contributed by atoms with Gasteiger partial charge in [-0.2, -0.15) is 0 Å². The number of Topliss-reactive ketones (excluding diaryl/α,β-unsaturated/α-hetero) is 1. The summed E-state index contributed by atoms with van der Waals surface area (Å²) in [4.78, 5) is 24.6. The number of para-hydroxylation sites is 1. The fourth-order valence-electron chi connectivity index (χ4n) is 1.73. The van der Waals surface area contributed by atoms with E-state index in [0.717, 1.165) is 0 Å². The zero-order valence-corrected chi connectivity index (χ0v) is 9.10. The van der Waals surface area contributed by atoms with E-state index in [2.05, 4.69) is 0 Å². The molecule has 0 bridgehead atoms. The summed E-state index contributed by atoms with van der Waals surface area (Å²) in [6.07, 6.45) is 0. The fraction of sp³-hybridized carbons (Fsp3) is 0.333. The average molecular weight is 219 g/mol. The van der Waals surface area contributed by atoms with E-state index < -0.39 is 0 Å². The van der Waals surface area contributed by atoms with E-state index >= 15 is 0 Å². The Labute approximate surface area is 93.8 Å². The molecule has 1 amide bonds. The third kappa shape index (κ3) is 2.05. The maximum Gasteiger partial charge on any atom is 0.258 e. The molecule has 16 heavy (non-hydrogen) atoms. The number of amides is 1. The molecule has 1 aromatic rings. The van der Waals surface area contributed by atoms with Gasteiger partial charge in [-0.1, -0.05) is 12.1 Å². The Morgan fingerprint density at radius 2 is 2.19 bits per heavy atom. The summed E-state index contributed by atoms with van der Waals surface area (Å²) in [7, 11) is 0. The van der Waals surface area contributed by atoms with E-state index in [-0.39, 0.29) is 18.2 Å². The van der Waals surface area contributed by atoms with Crippen molar-refractivity contribution >= 4 is 11.7 Å². The van der Waals surface area contributed by atoms with E-state index in [4.69, 9.17) is 4.74 Å². The van der Waals surface area contributed by atoms with Crippen LogP contribution < -0.4 is 4.74 Å². The number of nitrogens with zero attached hydrogens (tertiary/aromatic N) is 1. The number of carbonyl (C=O) groups excluding carboxylic acids is 2. The van der Waals surface area contributed by atoms with Crippen LogP contribution in [0.3, 0.4) is 0 Å². The molecule has 0 N–H and O–H groups in total. The molecule has 0 atom stereocenters. The molecule has 0 aromatic heterocycles. The van der Waals surface area contributed by atoms with Crippen molar-refractivity contribution in [3.63, 3.8) is 0 Å². The second-order valence-corrected chi connectivity index (χ2v) is 3.77. The highest BCUT2D eigenvalue weighted by Gasteiger charge is 2.23. The number of rotatable bonds is 2. The molecule has 0 radical (unpaired) electrons. The van der Waals surface area contributed by atoms with E-state index in [1.807, 2.05) is 6.07 Å². The summed E-state index contributed by atoms with van der Waals surface area (Å²) < 4.78 is 5.46. The maximum atomic E-state index is 12.1. The molecule has 4 nitrogen and oxygen atoms in total. The van der Waals surface area contributed by atoms with E-state index in [0.29, 0.717) is 24.5 Å². The van der Waals surface area contributed by atoms with Crippen LogP contribution in [0.4, 0.5) is 0 Å². The second kappa shape index (κ2) is 4.35. The Kier molecular flexibility index (Phi) is 2.90. The summed E-state index contributed by atoms with van der Waals surface area (Å²) in [5, 5.41) is 0. The predicted octanol–water partition coefficient (Wildman–Crippen LogP) is 1.11. The first-order valence-electron chi connectivity index (χ1n) is 5.19. The van der Waals surface area contributed by atoms with Crippen LogP contribution in [0.1, 0.15) is 17.3 Å². The van der Waals surface area contributed by atoms with Gasteiger partial charge in [-0.15, -0.1) is 0 Å². The number of carbonyl (C=O) groups is 2. The van der Waals surface area contributed by atoms with Gasteiger partial charge in [0.05, 0.1) is 18.7 Å². The van der Waals surface area contributed by atoms with Gasteiger partial charge < -0.3 is 9.64 Å². The van der Waals surface area contributed by atoms with Gasteiger partial charge in [0.1, 0.15) is 18.1 Å². The molecule has 0 saturated heterocycles. The number of ether oxygens (including phenoxy) is 1. The van der Waals surface area contributed by atoms with Gasteiger partial charge in [-0.25, -0.2) is 0 Å². The minimum absolute atomic E-state index is 0.0206. The Morgan fingerprint density at radius 1 is 1.44 bits per heavy atom. The van der Waals surface area contributed by atoms with Crippen molar-refractivity contribution in [2.24, 2.45) is 0 Å². The van der Waals surface area contributed by atoms with Crippen molar-refractivity contribution in [3.8, 4) is 5.75 Å². The molecule has 1 heterocycles. The van der Waals surface area contributed by atoms with Crippen LogP contribution in [0, 0.1) is 0 Å². The Bertz CT molecular complexity index is 428. The second-order valence-electron chi connectivity index (χ2n) is 3.77. The minimum Gasteiger partial charge on any atom is -0.491 e. The molecule has 0 aliphatic carbocycles. The molecule has 1 aliphatic rings. The number of benzene rings is 1. The smallest absolute Gasteiger partial charge is 0.258 e. The highest BCUT2D eigenvalue weighted by Crippen LogP contribution is 2.22. The van der Waals surface area contributed by atoms with Crippen LogP contribution in [0.25, 0.3) is 0 Å². The SMILES string of the molecule is CC(=O)CN1CCOc2ccccc2C1=O. The average Bonchev–Trinajstić information content (AvgIpc) is 2.40. The van der Waals surface area contributed by atoms with Crippen LogP contribution in [-0.4, -0.2) is 36.3 Å². The number of ketones is 1. The predicted molar refractivity (Wildman–Crippen MR) is 58.5 cm³/mol. The van der Waals surface area contributed by atoms with E-state index in [1.54, 1.807) is 18.2 Å². The lowest BCUT2D eigenvalue weighted by Gasteiger charge is -2.17. The van der Waals surface area contributed by atoms with Crippen LogP contribution in [-0.2, 0) is 4.79 Å². The molecule has 4 heteroatoms. The van der Waals surface area contributed by atoms with Gasteiger partial charge in [-0.3, -0.25) is 9.59 Å². The first kappa shape index (κ1) is 10.7. The molecule has 0 saturated carbocycles. The molecule has 0 fully saturated rings. The standard InChI is InChI=1S/C12H13NO3/c1-9(14)8-13-6-7-16-11-5-3-2-4-10(11)12(13)15/h2-5H,6-8H2,1H3. The summed E-state index contributed by atoms with van der Waals surface area (Å²) in [5.41, 5.74) is 0.529. The van der Waals surface area contributed by atoms with E-state index in [9.17, 15) is 9.59 Å². The molecular weight excluding hydrogens is 206 g/mol. The van der Waals surface area contributed by atoms with Gasteiger partial charge in [0.2, 0.25) is 0 Å². The zero-order chi connectivity index (χ0) is 11.5. The topological polar surface area (TPSA) is 46.6 Å². The Balaban J connectivity index is 2.30. The van der Waals surface area contributed by atoms with E-state index in [1.165, 1.54) is 11.8 Å². The quantitative estimate of drug-likeness (QED) is 0.748. The van der Waals surface area contributed by atoms with Gasteiger partial charge in [0.25, 0.3) is 5.91 Å². The van der Waals surface area contributed by atoms with Crippen molar-refractivity contribution in [2.45, 2.75) is 6.92 Å². The summed E-state index contributed by atoms with van der Waals surface area (Å²) >= 11 is 0. The lowest BCUT2D eigenvalue weighted by Crippen LogP contribution is -2.36. The van der Waals surface area contributed by atoms with Gasteiger partial charge >= 0.3 is 0 Å². The largest absolute Gasteiger partial charge is 0.491 e.